The van der Waals surface area contributed by atoms with Crippen LogP contribution in [0.2, 0.25) is 0 Å². The number of anilines is 1. The van der Waals surface area contributed by atoms with Crippen molar-refractivity contribution in [2.45, 2.75) is 38.1 Å². The molecule has 144 valence electrons. The van der Waals surface area contributed by atoms with Crippen LogP contribution < -0.4 is 5.73 Å². The fourth-order valence-corrected chi connectivity index (χ4v) is 4.10. The molecule has 2 saturated heterocycles. The van der Waals surface area contributed by atoms with Gasteiger partial charge in [0.05, 0.1) is 12.1 Å². The summed E-state index contributed by atoms with van der Waals surface area (Å²) >= 11 is 0. The Labute approximate surface area is 159 Å². The van der Waals surface area contributed by atoms with Crippen molar-refractivity contribution >= 4 is 11.7 Å². The average molecular weight is 369 g/mol. The van der Waals surface area contributed by atoms with E-state index in [4.69, 9.17) is 5.73 Å². The van der Waals surface area contributed by atoms with Crippen LogP contribution in [0, 0.1) is 0 Å². The van der Waals surface area contributed by atoms with Crippen LogP contribution in [0.5, 0.6) is 0 Å². The molecular formula is C19H27N7O. The summed E-state index contributed by atoms with van der Waals surface area (Å²) < 4.78 is 2.13. The molecule has 27 heavy (non-hydrogen) atoms. The van der Waals surface area contributed by atoms with Gasteiger partial charge in [-0.05, 0) is 50.9 Å². The van der Waals surface area contributed by atoms with Crippen LogP contribution in [-0.2, 0) is 13.6 Å². The number of aromatic nitrogens is 4. The number of carbonyl (C=O) groups excluding carboxylic acids is 1. The first-order valence-electron chi connectivity index (χ1n) is 9.73. The summed E-state index contributed by atoms with van der Waals surface area (Å²) in [5, 5.41) is 8.92. The van der Waals surface area contributed by atoms with Crippen molar-refractivity contribution in [3.63, 3.8) is 0 Å². The van der Waals surface area contributed by atoms with Crippen molar-refractivity contribution in [2.24, 2.45) is 7.05 Å². The lowest BCUT2D eigenvalue weighted by molar-refractivity contribution is 0.0703. The molecule has 0 aliphatic carbocycles. The monoisotopic (exact) mass is 369 g/mol. The van der Waals surface area contributed by atoms with Crippen molar-refractivity contribution in [3.05, 3.63) is 35.5 Å². The number of carbonyl (C=O) groups is 1. The molecule has 8 heteroatoms. The van der Waals surface area contributed by atoms with Gasteiger partial charge in [-0.1, -0.05) is 0 Å². The maximum atomic E-state index is 12.8. The van der Waals surface area contributed by atoms with Crippen LogP contribution in [0.25, 0.3) is 0 Å². The summed E-state index contributed by atoms with van der Waals surface area (Å²) in [5.74, 6) is 2.64. The van der Waals surface area contributed by atoms with E-state index in [2.05, 4.69) is 24.6 Å². The summed E-state index contributed by atoms with van der Waals surface area (Å²) in [6.07, 6.45) is 6.08. The summed E-state index contributed by atoms with van der Waals surface area (Å²) in [7, 11) is 2.05. The van der Waals surface area contributed by atoms with Crippen LogP contribution in [-0.4, -0.2) is 61.6 Å². The fourth-order valence-electron chi connectivity index (χ4n) is 4.10. The molecule has 1 amide bonds. The lowest BCUT2D eigenvalue weighted by Crippen LogP contribution is -2.39. The van der Waals surface area contributed by atoms with Crippen molar-refractivity contribution in [1.29, 1.82) is 0 Å². The minimum atomic E-state index is 0.00617. The molecular weight excluding hydrogens is 342 g/mol. The smallest absolute Gasteiger partial charge is 0.255 e. The van der Waals surface area contributed by atoms with Crippen molar-refractivity contribution < 1.29 is 4.79 Å². The van der Waals surface area contributed by atoms with E-state index in [9.17, 15) is 4.79 Å². The number of piperidine rings is 1. The maximum Gasteiger partial charge on any atom is 0.255 e. The van der Waals surface area contributed by atoms with Crippen molar-refractivity contribution in [3.8, 4) is 0 Å². The summed E-state index contributed by atoms with van der Waals surface area (Å²) in [6, 6.07) is 3.41. The second kappa shape index (κ2) is 7.64. The molecule has 4 heterocycles. The van der Waals surface area contributed by atoms with Gasteiger partial charge in [0.25, 0.3) is 5.91 Å². The topological polar surface area (TPSA) is 93.2 Å². The molecule has 4 rings (SSSR count). The average Bonchev–Trinajstić information content (AvgIpc) is 3.33. The number of nitrogen functional groups attached to an aromatic ring is 1. The molecule has 2 N–H and O–H groups in total. The van der Waals surface area contributed by atoms with Gasteiger partial charge in [-0.3, -0.25) is 9.69 Å². The number of hydrogen-bond acceptors (Lipinski definition) is 6. The zero-order valence-corrected chi connectivity index (χ0v) is 15.8. The third kappa shape index (κ3) is 3.80. The van der Waals surface area contributed by atoms with E-state index in [1.807, 2.05) is 11.9 Å². The first-order valence-corrected chi connectivity index (χ1v) is 9.73. The number of nitrogens with zero attached hydrogens (tertiary/aromatic N) is 6. The molecule has 2 aliphatic heterocycles. The normalized spacial score (nSPS) is 20.9. The Morgan fingerprint density at radius 3 is 2.74 bits per heavy atom. The van der Waals surface area contributed by atoms with E-state index < -0.39 is 0 Å². The minimum absolute atomic E-state index is 0.00617. The summed E-state index contributed by atoms with van der Waals surface area (Å²) in [5.41, 5.74) is 6.20. The molecule has 0 saturated carbocycles. The lowest BCUT2D eigenvalue weighted by Gasteiger charge is -2.32. The molecule has 1 atom stereocenters. The van der Waals surface area contributed by atoms with Gasteiger partial charge in [0, 0.05) is 32.3 Å². The predicted octanol–water partition coefficient (Wildman–Crippen LogP) is 1.41. The van der Waals surface area contributed by atoms with E-state index in [0.29, 0.717) is 17.9 Å². The largest absolute Gasteiger partial charge is 0.384 e. The van der Waals surface area contributed by atoms with E-state index in [0.717, 1.165) is 50.7 Å². The van der Waals surface area contributed by atoms with Crippen LogP contribution >= 0.6 is 0 Å². The second-order valence-corrected chi connectivity index (χ2v) is 7.58. The van der Waals surface area contributed by atoms with Gasteiger partial charge in [-0.2, -0.15) is 0 Å². The number of hydrogen-bond donors (Lipinski definition) is 1. The van der Waals surface area contributed by atoms with Crippen LogP contribution in [0.4, 0.5) is 5.82 Å². The Kier molecular flexibility index (Phi) is 5.07. The molecule has 0 radical (unpaired) electrons. The minimum Gasteiger partial charge on any atom is -0.384 e. The highest BCUT2D eigenvalue weighted by Gasteiger charge is 2.29. The zero-order valence-electron chi connectivity index (χ0n) is 15.8. The number of amides is 1. The fraction of sp³-hybridized carbons (Fsp3) is 0.579. The summed E-state index contributed by atoms with van der Waals surface area (Å²) in [6.45, 7) is 4.57. The van der Waals surface area contributed by atoms with Gasteiger partial charge in [0.1, 0.15) is 17.5 Å². The van der Waals surface area contributed by atoms with Gasteiger partial charge >= 0.3 is 0 Å². The van der Waals surface area contributed by atoms with Crippen LogP contribution in [0.3, 0.4) is 0 Å². The molecule has 0 spiro atoms. The van der Waals surface area contributed by atoms with Gasteiger partial charge in [0.2, 0.25) is 0 Å². The highest BCUT2D eigenvalue weighted by Crippen LogP contribution is 2.27. The Bertz CT molecular complexity index is 795. The van der Waals surface area contributed by atoms with E-state index in [-0.39, 0.29) is 11.8 Å². The highest BCUT2D eigenvalue weighted by atomic mass is 16.2. The predicted molar refractivity (Wildman–Crippen MR) is 102 cm³/mol. The van der Waals surface area contributed by atoms with Gasteiger partial charge < -0.3 is 15.2 Å². The maximum absolute atomic E-state index is 12.8. The Hall–Kier alpha value is -2.48. The number of likely N-dealkylation sites (tertiary alicyclic amines) is 2. The third-order valence-electron chi connectivity index (χ3n) is 5.67. The van der Waals surface area contributed by atoms with Gasteiger partial charge in [-0.25, -0.2) is 4.98 Å². The van der Waals surface area contributed by atoms with E-state index in [1.54, 1.807) is 18.3 Å². The standard InChI is InChI=1S/C19H27N7O/c1-24-17(13-25-8-2-3-9-25)22-23-18(24)15-5-4-10-26(12-15)19(27)14-6-7-16(20)21-11-14/h6-7,11,15H,2-5,8-10,12-13H2,1H3,(H2,20,21). The molecule has 2 aromatic rings. The Balaban J connectivity index is 1.45. The van der Waals surface area contributed by atoms with Crippen molar-refractivity contribution in [1.82, 2.24) is 29.5 Å². The highest BCUT2D eigenvalue weighted by molar-refractivity contribution is 5.94. The SMILES string of the molecule is Cn1c(CN2CCCC2)nnc1C1CCCN(C(=O)c2ccc(N)nc2)C1. The Morgan fingerprint density at radius 1 is 1.19 bits per heavy atom. The van der Waals surface area contributed by atoms with E-state index in [1.165, 1.54) is 12.8 Å². The molecule has 0 aromatic carbocycles. The van der Waals surface area contributed by atoms with Crippen LogP contribution in [0.15, 0.2) is 18.3 Å². The van der Waals surface area contributed by atoms with Gasteiger partial charge in [0.15, 0.2) is 0 Å². The zero-order chi connectivity index (χ0) is 18.8. The number of nitrogens with two attached hydrogens (primary N) is 1. The molecule has 2 fully saturated rings. The Morgan fingerprint density at radius 2 is 2.00 bits per heavy atom. The molecule has 8 nitrogen and oxygen atoms in total. The van der Waals surface area contributed by atoms with E-state index >= 15 is 0 Å². The quantitative estimate of drug-likeness (QED) is 0.876. The second-order valence-electron chi connectivity index (χ2n) is 7.58. The third-order valence-corrected chi connectivity index (χ3v) is 5.67. The lowest BCUT2D eigenvalue weighted by atomic mass is 9.96. The van der Waals surface area contributed by atoms with Gasteiger partial charge in [-0.15, -0.1) is 10.2 Å². The number of rotatable bonds is 4. The van der Waals surface area contributed by atoms with Crippen molar-refractivity contribution in [2.75, 3.05) is 31.9 Å². The molecule has 0 bridgehead atoms. The molecule has 2 aromatic heterocycles. The first-order chi connectivity index (χ1) is 13.1. The van der Waals surface area contributed by atoms with Crippen LogP contribution in [0.1, 0.15) is 53.6 Å². The number of pyridine rings is 1. The molecule has 2 aliphatic rings. The molecule has 1 unspecified atom stereocenters. The summed E-state index contributed by atoms with van der Waals surface area (Å²) in [4.78, 5) is 21.2. The first kappa shape index (κ1) is 17.9.